The van der Waals surface area contributed by atoms with Gasteiger partial charge in [0.15, 0.2) is 0 Å². The maximum atomic E-state index is 13.0. The fraction of sp³-hybridized carbons (Fsp3) is 0.500. The van der Waals surface area contributed by atoms with Crippen LogP contribution >= 0.6 is 0 Å². The van der Waals surface area contributed by atoms with E-state index >= 15 is 0 Å². The Kier molecular flexibility index (Phi) is 4.83. The minimum Gasteiger partial charge on any atom is -0.377 e. The van der Waals surface area contributed by atoms with Crippen molar-refractivity contribution in [3.05, 3.63) is 35.4 Å². The molecule has 0 aliphatic rings. The molecule has 4 heteroatoms. The molecule has 16 heavy (non-hydrogen) atoms. The van der Waals surface area contributed by atoms with Crippen LogP contribution in [0.2, 0.25) is 0 Å². The molecule has 0 bridgehead atoms. The van der Waals surface area contributed by atoms with Gasteiger partial charge in [0.05, 0.1) is 12.1 Å². The zero-order valence-electron chi connectivity index (χ0n) is 9.54. The molecule has 2 nitrogen and oxygen atoms in total. The van der Waals surface area contributed by atoms with Crippen molar-refractivity contribution in [3.63, 3.8) is 0 Å². The highest BCUT2D eigenvalue weighted by Gasteiger charge is 2.19. The molecule has 0 saturated carbocycles. The standard InChI is InChI=1S/C12H17F2NO/c1-3-11(16-4-2)12(15)8-5-9(13)7-10(14)6-8/h5-7,11-12H,3-4,15H2,1-2H3. The molecule has 2 unspecified atom stereocenters. The van der Waals surface area contributed by atoms with E-state index in [9.17, 15) is 8.78 Å². The van der Waals surface area contributed by atoms with E-state index in [2.05, 4.69) is 0 Å². The van der Waals surface area contributed by atoms with Crippen molar-refractivity contribution in [2.24, 2.45) is 5.73 Å². The van der Waals surface area contributed by atoms with E-state index in [0.717, 1.165) is 6.07 Å². The molecule has 1 aromatic carbocycles. The summed E-state index contributed by atoms with van der Waals surface area (Å²) in [7, 11) is 0. The van der Waals surface area contributed by atoms with E-state index < -0.39 is 17.7 Å². The predicted octanol–water partition coefficient (Wildman–Crippen LogP) is 2.78. The van der Waals surface area contributed by atoms with Crippen LogP contribution in [-0.2, 0) is 4.74 Å². The van der Waals surface area contributed by atoms with Gasteiger partial charge in [0.1, 0.15) is 11.6 Å². The number of nitrogens with two attached hydrogens (primary N) is 1. The Bertz CT molecular complexity index is 324. The Labute approximate surface area is 94.4 Å². The molecule has 2 N–H and O–H groups in total. The Morgan fingerprint density at radius 1 is 1.19 bits per heavy atom. The minimum atomic E-state index is -0.614. The molecule has 1 aromatic rings. The van der Waals surface area contributed by atoms with Crippen molar-refractivity contribution >= 4 is 0 Å². The summed E-state index contributed by atoms with van der Waals surface area (Å²) in [5, 5.41) is 0. The summed E-state index contributed by atoms with van der Waals surface area (Å²) in [5.74, 6) is -1.23. The van der Waals surface area contributed by atoms with Gasteiger partial charge in [0.2, 0.25) is 0 Å². The van der Waals surface area contributed by atoms with Gasteiger partial charge < -0.3 is 10.5 Å². The van der Waals surface area contributed by atoms with Crippen LogP contribution in [0.3, 0.4) is 0 Å². The molecule has 2 atom stereocenters. The zero-order valence-corrected chi connectivity index (χ0v) is 9.54. The summed E-state index contributed by atoms with van der Waals surface area (Å²) in [5.41, 5.74) is 6.34. The largest absolute Gasteiger partial charge is 0.377 e. The highest BCUT2D eigenvalue weighted by Crippen LogP contribution is 2.21. The number of rotatable bonds is 5. The molecule has 0 spiro atoms. The minimum absolute atomic E-state index is 0.216. The van der Waals surface area contributed by atoms with Gasteiger partial charge >= 0.3 is 0 Å². The maximum Gasteiger partial charge on any atom is 0.126 e. The van der Waals surface area contributed by atoms with Crippen LogP contribution in [0.1, 0.15) is 31.9 Å². The maximum absolute atomic E-state index is 13.0. The Hall–Kier alpha value is -1.00. The van der Waals surface area contributed by atoms with E-state index in [0.29, 0.717) is 18.6 Å². The van der Waals surface area contributed by atoms with Crippen molar-refractivity contribution in [1.29, 1.82) is 0 Å². The van der Waals surface area contributed by atoms with Gasteiger partial charge in [-0.25, -0.2) is 8.78 Å². The number of hydrogen-bond donors (Lipinski definition) is 1. The lowest BCUT2D eigenvalue weighted by atomic mass is 10.0. The zero-order chi connectivity index (χ0) is 12.1. The molecule has 1 rings (SSSR count). The molecule has 0 aromatic heterocycles. The van der Waals surface area contributed by atoms with Crippen LogP contribution in [0.5, 0.6) is 0 Å². The first-order valence-corrected chi connectivity index (χ1v) is 5.41. The van der Waals surface area contributed by atoms with Gasteiger partial charge in [0, 0.05) is 12.7 Å². The molecule has 0 aliphatic heterocycles. The van der Waals surface area contributed by atoms with Crippen LogP contribution in [0, 0.1) is 11.6 Å². The second-order valence-electron chi connectivity index (χ2n) is 3.63. The molecule has 0 heterocycles. The summed E-state index contributed by atoms with van der Waals surface area (Å²) in [6.45, 7) is 4.32. The van der Waals surface area contributed by atoms with E-state index in [1.165, 1.54) is 12.1 Å². The molecule has 90 valence electrons. The van der Waals surface area contributed by atoms with Crippen LogP contribution in [0.4, 0.5) is 8.78 Å². The summed E-state index contributed by atoms with van der Waals surface area (Å²) in [6.07, 6.45) is 0.485. The van der Waals surface area contributed by atoms with Gasteiger partial charge in [-0.15, -0.1) is 0 Å². The topological polar surface area (TPSA) is 35.2 Å². The number of ether oxygens (including phenoxy) is 1. The smallest absolute Gasteiger partial charge is 0.126 e. The van der Waals surface area contributed by atoms with Crippen molar-refractivity contribution in [2.75, 3.05) is 6.61 Å². The second kappa shape index (κ2) is 5.92. The first-order chi connectivity index (χ1) is 7.58. The third-order valence-corrected chi connectivity index (χ3v) is 2.45. The average molecular weight is 229 g/mol. The molecular formula is C12H17F2NO. The first kappa shape index (κ1) is 13.1. The highest BCUT2D eigenvalue weighted by atomic mass is 19.1. The Balaban J connectivity index is 2.89. The van der Waals surface area contributed by atoms with Gasteiger partial charge in [-0.3, -0.25) is 0 Å². The van der Waals surface area contributed by atoms with Crippen molar-refractivity contribution in [3.8, 4) is 0 Å². The van der Waals surface area contributed by atoms with Crippen LogP contribution in [0.25, 0.3) is 0 Å². The van der Waals surface area contributed by atoms with E-state index in [4.69, 9.17) is 10.5 Å². The van der Waals surface area contributed by atoms with Crippen molar-refractivity contribution < 1.29 is 13.5 Å². The van der Waals surface area contributed by atoms with Crippen LogP contribution in [-0.4, -0.2) is 12.7 Å². The quantitative estimate of drug-likeness (QED) is 0.842. The lowest BCUT2D eigenvalue weighted by Gasteiger charge is -2.22. The van der Waals surface area contributed by atoms with Gasteiger partial charge in [-0.2, -0.15) is 0 Å². The van der Waals surface area contributed by atoms with Crippen molar-refractivity contribution in [2.45, 2.75) is 32.4 Å². The van der Waals surface area contributed by atoms with Crippen LogP contribution < -0.4 is 5.73 Å². The summed E-state index contributed by atoms with van der Waals surface area (Å²) in [6, 6.07) is 2.82. The van der Waals surface area contributed by atoms with E-state index in [1.54, 1.807) is 0 Å². The monoisotopic (exact) mass is 229 g/mol. The lowest BCUT2D eigenvalue weighted by molar-refractivity contribution is 0.0412. The van der Waals surface area contributed by atoms with Gasteiger partial charge in [-0.1, -0.05) is 6.92 Å². The van der Waals surface area contributed by atoms with Crippen LogP contribution in [0.15, 0.2) is 18.2 Å². The highest BCUT2D eigenvalue weighted by molar-refractivity contribution is 5.22. The Morgan fingerprint density at radius 3 is 2.19 bits per heavy atom. The lowest BCUT2D eigenvalue weighted by Crippen LogP contribution is -2.28. The Morgan fingerprint density at radius 2 is 1.75 bits per heavy atom. The molecule has 0 aliphatic carbocycles. The number of benzene rings is 1. The summed E-state index contributed by atoms with van der Waals surface area (Å²) >= 11 is 0. The van der Waals surface area contributed by atoms with Crippen molar-refractivity contribution in [1.82, 2.24) is 0 Å². The fourth-order valence-corrected chi connectivity index (χ4v) is 1.67. The average Bonchev–Trinajstić information content (AvgIpc) is 2.23. The third kappa shape index (κ3) is 3.25. The number of hydrogen-bond acceptors (Lipinski definition) is 2. The summed E-state index contributed by atoms with van der Waals surface area (Å²) < 4.78 is 31.4. The normalized spacial score (nSPS) is 14.8. The van der Waals surface area contributed by atoms with Gasteiger partial charge in [0.25, 0.3) is 0 Å². The molecule has 0 saturated heterocycles. The van der Waals surface area contributed by atoms with E-state index in [1.807, 2.05) is 13.8 Å². The first-order valence-electron chi connectivity index (χ1n) is 5.41. The molecule has 0 fully saturated rings. The fourth-order valence-electron chi connectivity index (χ4n) is 1.67. The predicted molar refractivity (Wildman–Crippen MR) is 59.0 cm³/mol. The molecule has 0 radical (unpaired) electrons. The van der Waals surface area contributed by atoms with Gasteiger partial charge in [-0.05, 0) is 31.0 Å². The number of halogens is 2. The molecule has 0 amide bonds. The van der Waals surface area contributed by atoms with E-state index in [-0.39, 0.29) is 6.10 Å². The second-order valence-corrected chi connectivity index (χ2v) is 3.63. The molecular weight excluding hydrogens is 212 g/mol. The third-order valence-electron chi connectivity index (χ3n) is 2.45. The SMILES string of the molecule is CCOC(CC)C(N)c1cc(F)cc(F)c1. The summed E-state index contributed by atoms with van der Waals surface area (Å²) in [4.78, 5) is 0.